The van der Waals surface area contributed by atoms with Gasteiger partial charge in [0.05, 0.1) is 12.2 Å². The molecule has 0 saturated heterocycles. The van der Waals surface area contributed by atoms with Crippen LogP contribution in [0.3, 0.4) is 0 Å². The molecule has 0 aliphatic rings. The van der Waals surface area contributed by atoms with Crippen molar-refractivity contribution in [1.29, 1.82) is 0 Å². The number of anilines is 1. The van der Waals surface area contributed by atoms with Crippen molar-refractivity contribution in [2.75, 3.05) is 12.4 Å². The molecule has 0 fully saturated rings. The summed E-state index contributed by atoms with van der Waals surface area (Å²) in [7, 11) is 1.84. The zero-order chi connectivity index (χ0) is 12.0. The van der Waals surface area contributed by atoms with Crippen LogP contribution in [0.15, 0.2) is 5.38 Å². The zero-order valence-electron chi connectivity index (χ0n) is 10.0. The molecule has 2 N–H and O–H groups in total. The van der Waals surface area contributed by atoms with Gasteiger partial charge < -0.3 is 10.6 Å². The van der Waals surface area contributed by atoms with Gasteiger partial charge in [-0.05, 0) is 12.8 Å². The topological polar surface area (TPSA) is 54.0 Å². The van der Waals surface area contributed by atoms with Crippen LogP contribution in [0.2, 0.25) is 0 Å². The molecule has 0 aliphatic heterocycles. The molecule has 16 heavy (non-hydrogen) atoms. The van der Waals surface area contributed by atoms with E-state index in [4.69, 9.17) is 0 Å². The van der Waals surface area contributed by atoms with Crippen LogP contribution in [0.1, 0.15) is 32.4 Å². The first-order chi connectivity index (χ1) is 7.71. The van der Waals surface area contributed by atoms with Gasteiger partial charge in [-0.3, -0.25) is 4.79 Å². The summed E-state index contributed by atoms with van der Waals surface area (Å²) in [6.45, 7) is 4.60. The summed E-state index contributed by atoms with van der Waals surface area (Å²) < 4.78 is 0. The summed E-state index contributed by atoms with van der Waals surface area (Å²) in [6.07, 6.45) is 1.78. The van der Waals surface area contributed by atoms with Crippen molar-refractivity contribution in [2.24, 2.45) is 5.92 Å². The predicted molar refractivity (Wildman–Crippen MR) is 67.6 cm³/mol. The van der Waals surface area contributed by atoms with E-state index in [0.29, 0.717) is 6.54 Å². The first-order valence-electron chi connectivity index (χ1n) is 5.61. The maximum Gasteiger partial charge on any atom is 0.223 e. The van der Waals surface area contributed by atoms with Gasteiger partial charge >= 0.3 is 0 Å². The third kappa shape index (κ3) is 3.48. The number of thiazole rings is 1. The molecule has 0 unspecified atom stereocenters. The highest BCUT2D eigenvalue weighted by Crippen LogP contribution is 2.14. The van der Waals surface area contributed by atoms with E-state index in [-0.39, 0.29) is 11.8 Å². The normalized spacial score (nSPS) is 10.5. The molecule has 1 aromatic rings. The molecule has 0 spiro atoms. The van der Waals surface area contributed by atoms with Crippen molar-refractivity contribution in [3.05, 3.63) is 11.1 Å². The van der Waals surface area contributed by atoms with E-state index >= 15 is 0 Å². The molecule has 4 nitrogen and oxygen atoms in total. The van der Waals surface area contributed by atoms with E-state index in [2.05, 4.69) is 15.6 Å². The number of hydrogen-bond donors (Lipinski definition) is 2. The average Bonchev–Trinajstić information content (AvgIpc) is 2.76. The fraction of sp³-hybridized carbons (Fsp3) is 0.636. The number of hydrogen-bond acceptors (Lipinski definition) is 4. The smallest absolute Gasteiger partial charge is 0.223 e. The number of carbonyl (C=O) groups is 1. The minimum Gasteiger partial charge on any atom is -0.365 e. The largest absolute Gasteiger partial charge is 0.365 e. The van der Waals surface area contributed by atoms with Crippen molar-refractivity contribution in [1.82, 2.24) is 10.3 Å². The minimum absolute atomic E-state index is 0.127. The van der Waals surface area contributed by atoms with Gasteiger partial charge in [-0.2, -0.15) is 0 Å². The molecule has 0 bridgehead atoms. The lowest BCUT2D eigenvalue weighted by atomic mass is 10.0. The highest BCUT2D eigenvalue weighted by molar-refractivity contribution is 7.13. The van der Waals surface area contributed by atoms with Crippen molar-refractivity contribution in [3.8, 4) is 0 Å². The standard InChI is InChI=1S/C11H19N3OS/c1-4-8(5-2)10(15)13-6-9-7-16-11(12-3)14-9/h7-8H,4-6H2,1-3H3,(H,12,14)(H,13,15). The summed E-state index contributed by atoms with van der Waals surface area (Å²) >= 11 is 1.55. The minimum atomic E-state index is 0.127. The lowest BCUT2D eigenvalue weighted by Crippen LogP contribution is -2.29. The van der Waals surface area contributed by atoms with Crippen molar-refractivity contribution < 1.29 is 4.79 Å². The first-order valence-corrected chi connectivity index (χ1v) is 6.49. The lowest BCUT2D eigenvalue weighted by Gasteiger charge is -2.11. The highest BCUT2D eigenvalue weighted by Gasteiger charge is 2.13. The number of nitrogens with zero attached hydrogens (tertiary/aromatic N) is 1. The third-order valence-corrected chi connectivity index (χ3v) is 3.47. The number of nitrogens with one attached hydrogen (secondary N) is 2. The van der Waals surface area contributed by atoms with E-state index in [1.54, 1.807) is 11.3 Å². The SMILES string of the molecule is CCC(CC)C(=O)NCc1csc(NC)n1. The van der Waals surface area contributed by atoms with Crippen molar-refractivity contribution in [2.45, 2.75) is 33.2 Å². The molecule has 0 radical (unpaired) electrons. The van der Waals surface area contributed by atoms with Gasteiger partial charge in [-0.1, -0.05) is 13.8 Å². The predicted octanol–water partition coefficient (Wildman–Crippen LogP) is 2.24. The van der Waals surface area contributed by atoms with Crippen LogP contribution in [0.25, 0.3) is 0 Å². The van der Waals surface area contributed by atoms with Gasteiger partial charge in [-0.15, -0.1) is 11.3 Å². The zero-order valence-corrected chi connectivity index (χ0v) is 10.9. The average molecular weight is 241 g/mol. The molecule has 1 amide bonds. The van der Waals surface area contributed by atoms with Gasteiger partial charge in [0.15, 0.2) is 5.13 Å². The summed E-state index contributed by atoms with van der Waals surface area (Å²) in [6, 6.07) is 0. The van der Waals surface area contributed by atoms with Crippen LogP contribution in [0, 0.1) is 5.92 Å². The Hall–Kier alpha value is -1.10. The monoisotopic (exact) mass is 241 g/mol. The molecule has 1 aromatic heterocycles. The van der Waals surface area contributed by atoms with Crippen LogP contribution in [0.4, 0.5) is 5.13 Å². The molecule has 0 saturated carbocycles. The fourth-order valence-corrected chi connectivity index (χ4v) is 2.16. The fourth-order valence-electron chi connectivity index (χ4n) is 1.48. The summed E-state index contributed by atoms with van der Waals surface area (Å²) in [5.74, 6) is 0.256. The van der Waals surface area contributed by atoms with Gasteiger partial charge in [-0.25, -0.2) is 4.98 Å². The van der Waals surface area contributed by atoms with Gasteiger partial charge in [0, 0.05) is 18.3 Å². The highest BCUT2D eigenvalue weighted by atomic mass is 32.1. The molecule has 1 heterocycles. The first kappa shape index (κ1) is 13.0. The van der Waals surface area contributed by atoms with Gasteiger partial charge in [0.25, 0.3) is 0 Å². The third-order valence-electron chi connectivity index (χ3n) is 2.57. The molecule has 5 heteroatoms. The quantitative estimate of drug-likeness (QED) is 0.803. The molecular weight excluding hydrogens is 222 g/mol. The Kier molecular flexibility index (Phi) is 5.25. The van der Waals surface area contributed by atoms with Crippen molar-refractivity contribution >= 4 is 22.4 Å². The second-order valence-corrected chi connectivity index (χ2v) is 4.48. The van der Waals surface area contributed by atoms with Crippen LogP contribution < -0.4 is 10.6 Å². The van der Waals surface area contributed by atoms with E-state index in [0.717, 1.165) is 23.7 Å². The molecule has 1 rings (SSSR count). The number of aromatic nitrogens is 1. The summed E-state index contributed by atoms with van der Waals surface area (Å²) in [5.41, 5.74) is 0.911. The Labute approximate surface area is 100 Å². The molecule has 0 aromatic carbocycles. The Bertz CT molecular complexity index is 334. The molecule has 0 atom stereocenters. The van der Waals surface area contributed by atoms with E-state index in [1.165, 1.54) is 0 Å². The Morgan fingerprint density at radius 3 is 2.69 bits per heavy atom. The maximum atomic E-state index is 11.7. The van der Waals surface area contributed by atoms with Crippen LogP contribution >= 0.6 is 11.3 Å². The Balaban J connectivity index is 2.41. The van der Waals surface area contributed by atoms with Gasteiger partial charge in [0.1, 0.15) is 0 Å². The lowest BCUT2D eigenvalue weighted by molar-refractivity contribution is -0.125. The number of amides is 1. The van der Waals surface area contributed by atoms with Crippen LogP contribution in [-0.2, 0) is 11.3 Å². The van der Waals surface area contributed by atoms with Gasteiger partial charge in [0.2, 0.25) is 5.91 Å². The Morgan fingerprint density at radius 2 is 2.19 bits per heavy atom. The summed E-state index contributed by atoms with van der Waals surface area (Å²) in [5, 5.41) is 8.73. The second-order valence-electron chi connectivity index (χ2n) is 3.63. The molecular formula is C11H19N3OS. The molecule has 90 valence electrons. The number of carbonyl (C=O) groups excluding carboxylic acids is 1. The van der Waals surface area contributed by atoms with E-state index in [9.17, 15) is 4.79 Å². The van der Waals surface area contributed by atoms with E-state index in [1.807, 2.05) is 26.3 Å². The van der Waals surface area contributed by atoms with Crippen LogP contribution in [0.5, 0.6) is 0 Å². The Morgan fingerprint density at radius 1 is 1.50 bits per heavy atom. The maximum absolute atomic E-state index is 11.7. The number of rotatable bonds is 6. The van der Waals surface area contributed by atoms with Crippen LogP contribution in [-0.4, -0.2) is 17.9 Å². The summed E-state index contributed by atoms with van der Waals surface area (Å²) in [4.78, 5) is 16.0. The van der Waals surface area contributed by atoms with Crippen molar-refractivity contribution in [3.63, 3.8) is 0 Å². The molecule has 0 aliphatic carbocycles. The van der Waals surface area contributed by atoms with E-state index < -0.39 is 0 Å². The second kappa shape index (κ2) is 6.48.